The maximum Gasteiger partial charge on any atom is 0.225 e. The highest BCUT2D eigenvalue weighted by Crippen LogP contribution is 2.20. The Bertz CT molecular complexity index is 228. The standard InChI is InChI=1S/C11H23N3O/c1-11(2,5-6-12)10(15)13-9-4-7-14(3)8-9/h9H,4-8,12H2,1-3H3,(H,13,15). The van der Waals surface area contributed by atoms with E-state index in [4.69, 9.17) is 5.73 Å². The number of hydrogen-bond acceptors (Lipinski definition) is 3. The Kier molecular flexibility index (Phi) is 4.11. The molecule has 0 aliphatic carbocycles. The first-order chi connectivity index (χ1) is 6.95. The summed E-state index contributed by atoms with van der Waals surface area (Å²) in [5.74, 6) is 0.133. The average Bonchev–Trinajstić information content (AvgIpc) is 2.51. The quantitative estimate of drug-likeness (QED) is 0.700. The smallest absolute Gasteiger partial charge is 0.225 e. The average molecular weight is 213 g/mol. The fourth-order valence-corrected chi connectivity index (χ4v) is 1.91. The monoisotopic (exact) mass is 213 g/mol. The lowest BCUT2D eigenvalue weighted by molar-refractivity contribution is -0.130. The van der Waals surface area contributed by atoms with Gasteiger partial charge >= 0.3 is 0 Å². The minimum Gasteiger partial charge on any atom is -0.352 e. The second kappa shape index (κ2) is 4.94. The van der Waals surface area contributed by atoms with E-state index in [1.54, 1.807) is 0 Å². The molecule has 1 rings (SSSR count). The number of amides is 1. The van der Waals surface area contributed by atoms with Crippen molar-refractivity contribution in [3.8, 4) is 0 Å². The van der Waals surface area contributed by atoms with Crippen LogP contribution in [0.3, 0.4) is 0 Å². The number of likely N-dealkylation sites (tertiary alicyclic amines) is 1. The Hall–Kier alpha value is -0.610. The second-order valence-corrected chi connectivity index (χ2v) is 5.14. The lowest BCUT2D eigenvalue weighted by atomic mass is 9.88. The molecule has 15 heavy (non-hydrogen) atoms. The van der Waals surface area contributed by atoms with Gasteiger partial charge in [-0.3, -0.25) is 4.79 Å². The summed E-state index contributed by atoms with van der Waals surface area (Å²) in [6.45, 7) is 6.50. The summed E-state index contributed by atoms with van der Waals surface area (Å²) in [6.07, 6.45) is 1.79. The summed E-state index contributed by atoms with van der Waals surface area (Å²) in [4.78, 5) is 14.2. The third kappa shape index (κ3) is 3.47. The molecule has 1 atom stereocenters. The lowest BCUT2D eigenvalue weighted by Gasteiger charge is -2.25. The molecule has 0 bridgehead atoms. The Morgan fingerprint density at radius 2 is 2.27 bits per heavy atom. The van der Waals surface area contributed by atoms with E-state index in [-0.39, 0.29) is 11.3 Å². The first-order valence-electron chi connectivity index (χ1n) is 5.65. The Morgan fingerprint density at radius 3 is 2.73 bits per heavy atom. The van der Waals surface area contributed by atoms with Crippen LogP contribution in [0.5, 0.6) is 0 Å². The third-order valence-corrected chi connectivity index (χ3v) is 3.11. The summed E-state index contributed by atoms with van der Waals surface area (Å²) in [6, 6.07) is 0.319. The normalized spacial score (nSPS) is 23.1. The highest BCUT2D eigenvalue weighted by atomic mass is 16.2. The van der Waals surface area contributed by atoms with E-state index in [1.807, 2.05) is 13.8 Å². The molecule has 1 saturated heterocycles. The number of hydrogen-bond donors (Lipinski definition) is 2. The largest absolute Gasteiger partial charge is 0.352 e. The van der Waals surface area contributed by atoms with Crippen LogP contribution < -0.4 is 11.1 Å². The van der Waals surface area contributed by atoms with Crippen LogP contribution in [0.15, 0.2) is 0 Å². The number of likely N-dealkylation sites (N-methyl/N-ethyl adjacent to an activating group) is 1. The molecule has 0 spiro atoms. The first-order valence-corrected chi connectivity index (χ1v) is 5.65. The maximum atomic E-state index is 11.9. The van der Waals surface area contributed by atoms with E-state index in [0.717, 1.165) is 25.9 Å². The van der Waals surface area contributed by atoms with Crippen molar-refractivity contribution < 1.29 is 4.79 Å². The molecule has 3 N–H and O–H groups in total. The molecular formula is C11H23N3O. The first kappa shape index (κ1) is 12.5. The summed E-state index contributed by atoms with van der Waals surface area (Å²) in [5, 5.41) is 3.10. The lowest BCUT2D eigenvalue weighted by Crippen LogP contribution is -2.44. The van der Waals surface area contributed by atoms with Gasteiger partial charge in [0.2, 0.25) is 5.91 Å². The fourth-order valence-electron chi connectivity index (χ4n) is 1.91. The molecular weight excluding hydrogens is 190 g/mol. The summed E-state index contributed by atoms with van der Waals surface area (Å²) < 4.78 is 0. The van der Waals surface area contributed by atoms with Crippen LogP contribution in [0.2, 0.25) is 0 Å². The summed E-state index contributed by atoms with van der Waals surface area (Å²) in [7, 11) is 2.08. The van der Waals surface area contributed by atoms with E-state index in [2.05, 4.69) is 17.3 Å². The zero-order chi connectivity index (χ0) is 11.5. The van der Waals surface area contributed by atoms with E-state index >= 15 is 0 Å². The number of nitrogens with zero attached hydrogens (tertiary/aromatic N) is 1. The third-order valence-electron chi connectivity index (χ3n) is 3.11. The molecule has 0 radical (unpaired) electrons. The fraction of sp³-hybridized carbons (Fsp3) is 0.909. The van der Waals surface area contributed by atoms with Crippen molar-refractivity contribution in [2.24, 2.45) is 11.1 Å². The second-order valence-electron chi connectivity index (χ2n) is 5.14. The van der Waals surface area contributed by atoms with E-state index < -0.39 is 0 Å². The van der Waals surface area contributed by atoms with Gasteiger partial charge in [-0.2, -0.15) is 0 Å². The predicted octanol–water partition coefficient (Wildman–Crippen LogP) is 0.182. The molecule has 1 unspecified atom stereocenters. The van der Waals surface area contributed by atoms with E-state index in [1.165, 1.54) is 0 Å². The molecule has 4 nitrogen and oxygen atoms in total. The van der Waals surface area contributed by atoms with Gasteiger partial charge in [0, 0.05) is 18.0 Å². The van der Waals surface area contributed by atoms with Crippen LogP contribution in [0.4, 0.5) is 0 Å². The van der Waals surface area contributed by atoms with Crippen molar-refractivity contribution >= 4 is 5.91 Å². The molecule has 1 aliphatic heterocycles. The Labute approximate surface area is 92.2 Å². The molecule has 0 aromatic carbocycles. The highest BCUT2D eigenvalue weighted by Gasteiger charge is 2.30. The topological polar surface area (TPSA) is 58.4 Å². The predicted molar refractivity (Wildman–Crippen MR) is 61.5 cm³/mol. The number of rotatable bonds is 4. The molecule has 1 aliphatic rings. The SMILES string of the molecule is CN1CCC(NC(=O)C(C)(C)CCN)C1. The molecule has 0 aromatic rings. The Morgan fingerprint density at radius 1 is 1.60 bits per heavy atom. The van der Waals surface area contributed by atoms with Crippen LogP contribution in [-0.4, -0.2) is 43.5 Å². The van der Waals surface area contributed by atoms with Gasteiger partial charge in [-0.25, -0.2) is 0 Å². The van der Waals surface area contributed by atoms with Crippen LogP contribution in [0.1, 0.15) is 26.7 Å². The van der Waals surface area contributed by atoms with Gasteiger partial charge in [-0.1, -0.05) is 13.8 Å². The van der Waals surface area contributed by atoms with Crippen LogP contribution in [0, 0.1) is 5.41 Å². The number of nitrogens with two attached hydrogens (primary N) is 1. The number of nitrogens with one attached hydrogen (secondary N) is 1. The van der Waals surface area contributed by atoms with Gasteiger partial charge in [0.15, 0.2) is 0 Å². The molecule has 1 amide bonds. The molecule has 4 heteroatoms. The van der Waals surface area contributed by atoms with Crippen molar-refractivity contribution in [3.05, 3.63) is 0 Å². The van der Waals surface area contributed by atoms with Crippen LogP contribution >= 0.6 is 0 Å². The van der Waals surface area contributed by atoms with Gasteiger partial charge in [-0.05, 0) is 33.0 Å². The van der Waals surface area contributed by atoms with Crippen LogP contribution in [-0.2, 0) is 4.79 Å². The molecule has 0 aromatic heterocycles. The highest BCUT2D eigenvalue weighted by molar-refractivity contribution is 5.82. The maximum absolute atomic E-state index is 11.9. The zero-order valence-electron chi connectivity index (χ0n) is 10.0. The van der Waals surface area contributed by atoms with Crippen molar-refractivity contribution in [1.82, 2.24) is 10.2 Å². The molecule has 1 heterocycles. The zero-order valence-corrected chi connectivity index (χ0v) is 10.0. The van der Waals surface area contributed by atoms with E-state index in [0.29, 0.717) is 12.6 Å². The van der Waals surface area contributed by atoms with Gasteiger partial charge < -0.3 is 16.0 Å². The van der Waals surface area contributed by atoms with Crippen molar-refractivity contribution in [2.75, 3.05) is 26.7 Å². The van der Waals surface area contributed by atoms with Crippen molar-refractivity contribution in [2.45, 2.75) is 32.7 Å². The summed E-state index contributed by atoms with van der Waals surface area (Å²) in [5.41, 5.74) is 5.16. The van der Waals surface area contributed by atoms with E-state index in [9.17, 15) is 4.79 Å². The number of carbonyl (C=O) groups excluding carboxylic acids is 1. The number of carbonyl (C=O) groups is 1. The van der Waals surface area contributed by atoms with Crippen molar-refractivity contribution in [1.29, 1.82) is 0 Å². The van der Waals surface area contributed by atoms with Gasteiger partial charge in [0.1, 0.15) is 0 Å². The van der Waals surface area contributed by atoms with Gasteiger partial charge in [0.05, 0.1) is 0 Å². The minimum atomic E-state index is -0.337. The Balaban J connectivity index is 2.41. The minimum absolute atomic E-state index is 0.133. The van der Waals surface area contributed by atoms with Gasteiger partial charge in [-0.15, -0.1) is 0 Å². The molecule has 1 fully saturated rings. The van der Waals surface area contributed by atoms with Crippen molar-refractivity contribution in [3.63, 3.8) is 0 Å². The summed E-state index contributed by atoms with van der Waals surface area (Å²) >= 11 is 0. The molecule has 0 saturated carbocycles. The van der Waals surface area contributed by atoms with Crippen LogP contribution in [0.25, 0.3) is 0 Å². The molecule has 88 valence electrons. The van der Waals surface area contributed by atoms with Gasteiger partial charge in [0.25, 0.3) is 0 Å².